The quantitative estimate of drug-likeness (QED) is 0.0342. The highest BCUT2D eigenvalue weighted by molar-refractivity contribution is 4.89. The summed E-state index contributed by atoms with van der Waals surface area (Å²) >= 11 is 0. The second-order valence-corrected chi connectivity index (χ2v) is 24.0. The zero-order valence-electron chi connectivity index (χ0n) is 54.5. The Hall–Kier alpha value is -0.800. The third-order valence-electron chi connectivity index (χ3n) is 16.1. The van der Waals surface area contributed by atoms with Crippen molar-refractivity contribution >= 4 is 0 Å². The summed E-state index contributed by atoms with van der Waals surface area (Å²) in [7, 11) is 3.42. The number of ether oxygens (including phenoxy) is 7. The van der Waals surface area contributed by atoms with Crippen molar-refractivity contribution in [2.24, 2.45) is 0 Å². The van der Waals surface area contributed by atoms with Gasteiger partial charge in [-0.1, -0.05) is 310 Å². The first-order chi connectivity index (χ1) is 39.1. The van der Waals surface area contributed by atoms with Gasteiger partial charge in [-0.25, -0.2) is 0 Å². The van der Waals surface area contributed by atoms with Gasteiger partial charge in [0.25, 0.3) is 0 Å². The molecule has 0 fully saturated rings. The lowest BCUT2D eigenvalue weighted by Gasteiger charge is -2.19. The monoisotopic (exact) mass is 1120 g/mol. The lowest BCUT2D eigenvalue weighted by molar-refractivity contribution is -0.188. The van der Waals surface area contributed by atoms with Crippen molar-refractivity contribution in [3.8, 4) is 0 Å². The van der Waals surface area contributed by atoms with Crippen LogP contribution >= 0.6 is 0 Å². The number of hydrogen-bond acceptors (Lipinski definition) is 7. The van der Waals surface area contributed by atoms with Crippen molar-refractivity contribution in [2.75, 3.05) is 40.6 Å². The van der Waals surface area contributed by atoms with Crippen molar-refractivity contribution in [3.63, 3.8) is 0 Å². The predicted octanol–water partition coefficient (Wildman–Crippen LogP) is 23.9. The van der Waals surface area contributed by atoms with Gasteiger partial charge in [0.1, 0.15) is 0 Å². The van der Waals surface area contributed by atoms with E-state index in [1.807, 2.05) is 0 Å². The van der Waals surface area contributed by atoms with E-state index in [0.29, 0.717) is 0 Å². The molecular weight excluding hydrogens is 977 g/mol. The summed E-state index contributed by atoms with van der Waals surface area (Å²) in [5, 5.41) is 0. The van der Waals surface area contributed by atoms with Gasteiger partial charge in [-0.2, -0.15) is 0 Å². The van der Waals surface area contributed by atoms with Crippen LogP contribution in [0.4, 0.5) is 0 Å². The Labute approximate surface area is 495 Å². The Morgan fingerprint density at radius 1 is 0.241 bits per heavy atom. The number of unbranched alkanes of at least 4 members (excludes halogenated alkanes) is 46. The van der Waals surface area contributed by atoms with Crippen LogP contribution in [0.3, 0.4) is 0 Å². The molecule has 0 spiro atoms. The first-order valence-electron chi connectivity index (χ1n) is 35.7. The predicted molar refractivity (Wildman–Crippen MR) is 344 cm³/mol. The summed E-state index contributed by atoms with van der Waals surface area (Å²) in [5.41, 5.74) is 0. The maximum atomic E-state index is 6.26. The van der Waals surface area contributed by atoms with Crippen molar-refractivity contribution in [3.05, 3.63) is 24.3 Å². The molecule has 0 bridgehead atoms. The average molecular weight is 1120 g/mol. The van der Waals surface area contributed by atoms with E-state index in [-0.39, 0.29) is 25.2 Å². The molecule has 0 amide bonds. The van der Waals surface area contributed by atoms with E-state index in [9.17, 15) is 0 Å². The molecule has 2 unspecified atom stereocenters. The molecule has 0 aliphatic carbocycles. The molecule has 0 aromatic rings. The summed E-state index contributed by atoms with van der Waals surface area (Å²) in [6.07, 6.45) is 78.5. The summed E-state index contributed by atoms with van der Waals surface area (Å²) in [6.45, 7) is 12.6. The molecule has 7 nitrogen and oxygen atoms in total. The maximum absolute atomic E-state index is 6.26. The summed E-state index contributed by atoms with van der Waals surface area (Å²) in [5.74, 6) is 0. The fraction of sp³-hybridized carbons (Fsp3) is 0.944. The van der Waals surface area contributed by atoms with Crippen LogP contribution in [-0.4, -0.2) is 65.8 Å². The van der Waals surface area contributed by atoms with Crippen LogP contribution in [0.1, 0.15) is 374 Å². The van der Waals surface area contributed by atoms with Gasteiger partial charge in [0.2, 0.25) is 0 Å². The van der Waals surface area contributed by atoms with Gasteiger partial charge in [0.15, 0.2) is 25.2 Å². The number of allylic oxidation sites excluding steroid dienone is 2. The van der Waals surface area contributed by atoms with Gasteiger partial charge < -0.3 is 33.2 Å². The molecule has 0 saturated heterocycles. The molecule has 0 aromatic heterocycles. The highest BCUT2D eigenvalue weighted by atomic mass is 16.8. The minimum atomic E-state index is -0.386. The molecular formula is C72H142O7. The van der Waals surface area contributed by atoms with Crippen molar-refractivity contribution in [1.82, 2.24) is 0 Å². The number of methoxy groups -OCH3 is 2. The van der Waals surface area contributed by atoms with E-state index in [2.05, 4.69) is 52.0 Å². The molecule has 0 saturated carbocycles. The zero-order valence-corrected chi connectivity index (χ0v) is 54.5. The highest BCUT2D eigenvalue weighted by Crippen LogP contribution is 2.20. The number of hydrogen-bond donors (Lipinski definition) is 0. The van der Waals surface area contributed by atoms with Gasteiger partial charge in [-0.05, 0) is 89.2 Å². The molecule has 2 atom stereocenters. The summed E-state index contributed by atoms with van der Waals surface area (Å²) in [4.78, 5) is 0. The Bertz CT molecular complexity index is 1030. The molecule has 79 heavy (non-hydrogen) atoms. The topological polar surface area (TPSA) is 64.6 Å². The second-order valence-electron chi connectivity index (χ2n) is 24.0. The van der Waals surface area contributed by atoms with Crippen LogP contribution in [-0.2, 0) is 33.2 Å². The van der Waals surface area contributed by atoms with E-state index in [0.717, 1.165) is 52.1 Å². The third kappa shape index (κ3) is 63.1. The molecule has 0 heterocycles. The first kappa shape index (κ1) is 78.2. The van der Waals surface area contributed by atoms with Crippen LogP contribution in [0.5, 0.6) is 0 Å². The minimum Gasteiger partial charge on any atom is -0.353 e. The van der Waals surface area contributed by atoms with Gasteiger partial charge >= 0.3 is 0 Å². The fourth-order valence-corrected chi connectivity index (χ4v) is 10.8. The molecule has 0 radical (unpaired) electrons. The van der Waals surface area contributed by atoms with Crippen LogP contribution in [0, 0.1) is 0 Å². The molecule has 472 valence electrons. The van der Waals surface area contributed by atoms with E-state index in [4.69, 9.17) is 33.2 Å². The van der Waals surface area contributed by atoms with E-state index in [1.165, 1.54) is 321 Å². The third-order valence-corrected chi connectivity index (χ3v) is 16.1. The molecule has 0 aromatic carbocycles. The van der Waals surface area contributed by atoms with Crippen molar-refractivity contribution < 1.29 is 33.2 Å². The van der Waals surface area contributed by atoms with Crippen LogP contribution in [0.25, 0.3) is 0 Å². The zero-order chi connectivity index (χ0) is 57.1. The average Bonchev–Trinajstić information content (AvgIpc) is 3.46. The molecule has 0 N–H and O–H groups in total. The lowest BCUT2D eigenvalue weighted by Crippen LogP contribution is -2.22. The van der Waals surface area contributed by atoms with Gasteiger partial charge in [-0.3, -0.25) is 0 Å². The lowest BCUT2D eigenvalue weighted by atomic mass is 10.0. The summed E-state index contributed by atoms with van der Waals surface area (Å²) < 4.78 is 42.3. The molecule has 0 rings (SSSR count). The summed E-state index contributed by atoms with van der Waals surface area (Å²) in [6, 6.07) is 0. The smallest absolute Gasteiger partial charge is 0.179 e. The maximum Gasteiger partial charge on any atom is 0.179 e. The Morgan fingerprint density at radius 2 is 0.443 bits per heavy atom. The first-order valence-corrected chi connectivity index (χ1v) is 35.7. The fourth-order valence-electron chi connectivity index (χ4n) is 10.8. The Kier molecular flexibility index (Phi) is 69.0. The van der Waals surface area contributed by atoms with Crippen LogP contribution < -0.4 is 0 Å². The van der Waals surface area contributed by atoms with Crippen molar-refractivity contribution in [2.45, 2.75) is 400 Å². The van der Waals surface area contributed by atoms with Gasteiger partial charge in [0, 0.05) is 40.6 Å². The van der Waals surface area contributed by atoms with Crippen molar-refractivity contribution in [1.29, 1.82) is 0 Å². The molecule has 0 aliphatic heterocycles. The van der Waals surface area contributed by atoms with Gasteiger partial charge in [-0.15, -0.1) is 0 Å². The molecule has 7 heteroatoms. The van der Waals surface area contributed by atoms with Crippen LogP contribution in [0.15, 0.2) is 24.3 Å². The van der Waals surface area contributed by atoms with E-state index >= 15 is 0 Å². The van der Waals surface area contributed by atoms with E-state index < -0.39 is 0 Å². The number of rotatable bonds is 70. The Morgan fingerprint density at radius 3 is 0.671 bits per heavy atom. The highest BCUT2D eigenvalue weighted by Gasteiger charge is 2.13. The normalized spacial score (nSPS) is 13.0. The SMILES string of the molecule is CCCCCCCCOC(CCCCCCCCCCCCCCCC=CC(OC)OC(C=CCCCCCCCCCCCCCCCC(OCCCCCCCC)OCCCCCCCC)OC)OCCCCCCCC. The van der Waals surface area contributed by atoms with Crippen LogP contribution in [0.2, 0.25) is 0 Å². The minimum absolute atomic E-state index is 0.0103. The van der Waals surface area contributed by atoms with Gasteiger partial charge in [0.05, 0.1) is 0 Å². The second kappa shape index (κ2) is 69.7. The standard InChI is InChI=1S/C72H142O7/c1-7-11-15-19-49-57-65-75-71(76-66-58-50-20-16-12-8-2)63-55-47-43-39-35-31-27-23-25-29-33-37-41-45-53-61-69(73-5)79-70(74-6)62-54-46-42-38-34-30-26-24-28-32-36-40-44-48-56-64-72(77-67-59-51-21-17-13-9-3)78-68-60-52-22-18-14-10-4/h53-54,61-62,69-72H,7-52,55-60,63-68H2,1-6H3. The van der Waals surface area contributed by atoms with E-state index in [1.54, 1.807) is 14.2 Å². The Balaban J connectivity index is 3.88. The largest absolute Gasteiger partial charge is 0.353 e. The molecule has 0 aliphatic rings.